The molecule has 25 heavy (non-hydrogen) atoms. The molecular formula is C16H13FN4O3S. The van der Waals surface area contributed by atoms with Crippen molar-refractivity contribution in [2.24, 2.45) is 0 Å². The first-order valence-corrected chi connectivity index (χ1v) is 8.65. The summed E-state index contributed by atoms with van der Waals surface area (Å²) in [6.07, 6.45) is 1.32. The van der Waals surface area contributed by atoms with E-state index < -0.39 is 21.7 Å². The minimum Gasteiger partial charge on any atom is -0.266 e. The van der Waals surface area contributed by atoms with Crippen molar-refractivity contribution >= 4 is 15.9 Å². The van der Waals surface area contributed by atoms with Gasteiger partial charge in [-0.2, -0.15) is 0 Å². The molecule has 1 aromatic heterocycles. The monoisotopic (exact) mass is 360 g/mol. The van der Waals surface area contributed by atoms with Crippen LogP contribution >= 0.6 is 0 Å². The van der Waals surface area contributed by atoms with Gasteiger partial charge in [0.05, 0.1) is 16.8 Å². The molecule has 0 saturated heterocycles. The minimum absolute atomic E-state index is 0.161. The summed E-state index contributed by atoms with van der Waals surface area (Å²) >= 11 is 0. The van der Waals surface area contributed by atoms with Gasteiger partial charge in [-0.25, -0.2) is 22.2 Å². The van der Waals surface area contributed by atoms with Crippen LogP contribution in [0, 0.1) is 12.7 Å². The summed E-state index contributed by atoms with van der Waals surface area (Å²) in [5, 5.41) is 7.50. The quantitative estimate of drug-likeness (QED) is 0.766. The second-order valence-electron chi connectivity index (χ2n) is 5.27. The summed E-state index contributed by atoms with van der Waals surface area (Å²) in [6.45, 7) is 1.93. The largest absolute Gasteiger partial charge is 0.287 e. The van der Waals surface area contributed by atoms with Gasteiger partial charge in [-0.3, -0.25) is 4.79 Å². The summed E-state index contributed by atoms with van der Waals surface area (Å²) in [4.78, 5) is 11.9. The van der Waals surface area contributed by atoms with E-state index in [1.165, 1.54) is 10.9 Å². The molecule has 0 bridgehead atoms. The number of nitrogens with one attached hydrogen (secondary N) is 1. The fraction of sp³-hybridized carbons (Fsp3) is 0.0625. The Morgan fingerprint density at radius 3 is 2.36 bits per heavy atom. The second-order valence-corrected chi connectivity index (χ2v) is 6.95. The van der Waals surface area contributed by atoms with Crippen LogP contribution in [0.25, 0.3) is 5.69 Å². The summed E-state index contributed by atoms with van der Waals surface area (Å²) in [5.74, 6) is -1.51. The Bertz CT molecular complexity index is 1010. The third kappa shape index (κ3) is 3.72. The minimum atomic E-state index is -4.13. The van der Waals surface area contributed by atoms with E-state index in [9.17, 15) is 17.6 Å². The molecule has 1 N–H and O–H groups in total. The van der Waals surface area contributed by atoms with Crippen LogP contribution in [-0.4, -0.2) is 29.3 Å². The van der Waals surface area contributed by atoms with Crippen LogP contribution in [0.3, 0.4) is 0 Å². The smallest absolute Gasteiger partial charge is 0.266 e. The van der Waals surface area contributed by atoms with Crippen LogP contribution in [0.15, 0.2) is 59.6 Å². The number of amides is 1. The molecule has 0 unspecified atom stereocenters. The van der Waals surface area contributed by atoms with Gasteiger partial charge in [0.15, 0.2) is 5.69 Å². The first-order valence-electron chi connectivity index (χ1n) is 7.17. The Morgan fingerprint density at radius 2 is 1.72 bits per heavy atom. The highest BCUT2D eigenvalue weighted by molar-refractivity contribution is 7.90. The Morgan fingerprint density at radius 1 is 1.08 bits per heavy atom. The summed E-state index contributed by atoms with van der Waals surface area (Å²) in [5.41, 5.74) is 1.58. The number of halogens is 1. The number of benzene rings is 2. The summed E-state index contributed by atoms with van der Waals surface area (Å²) < 4.78 is 40.4. The lowest BCUT2D eigenvalue weighted by Gasteiger charge is -2.05. The van der Waals surface area contributed by atoms with Crippen molar-refractivity contribution in [3.05, 3.63) is 71.8 Å². The van der Waals surface area contributed by atoms with E-state index in [0.717, 1.165) is 29.8 Å². The highest BCUT2D eigenvalue weighted by Crippen LogP contribution is 2.11. The van der Waals surface area contributed by atoms with Gasteiger partial charge in [-0.1, -0.05) is 22.9 Å². The van der Waals surface area contributed by atoms with E-state index in [1.54, 1.807) is 12.1 Å². The first kappa shape index (κ1) is 16.8. The number of nitrogens with zero attached hydrogens (tertiary/aromatic N) is 3. The maximum absolute atomic E-state index is 12.9. The SMILES string of the molecule is Cc1ccc(-n2cc(C(=O)NS(=O)(=O)c3ccc(F)cc3)nn2)cc1. The van der Waals surface area contributed by atoms with Crippen molar-refractivity contribution in [3.8, 4) is 5.69 Å². The Labute approximate surface area is 143 Å². The van der Waals surface area contributed by atoms with E-state index in [1.807, 2.05) is 23.8 Å². The van der Waals surface area contributed by atoms with Crippen LogP contribution in [0.5, 0.6) is 0 Å². The van der Waals surface area contributed by atoms with Gasteiger partial charge >= 0.3 is 0 Å². The molecule has 0 aliphatic heterocycles. The summed E-state index contributed by atoms with van der Waals surface area (Å²) in [6, 6.07) is 11.4. The zero-order valence-electron chi connectivity index (χ0n) is 13.0. The molecule has 2 aromatic carbocycles. The van der Waals surface area contributed by atoms with Crippen LogP contribution in [0.4, 0.5) is 4.39 Å². The highest BCUT2D eigenvalue weighted by atomic mass is 32.2. The lowest BCUT2D eigenvalue weighted by Crippen LogP contribution is -2.30. The van der Waals surface area contributed by atoms with Crippen molar-refractivity contribution in [1.29, 1.82) is 0 Å². The molecule has 0 fully saturated rings. The Hall–Kier alpha value is -3.07. The van der Waals surface area contributed by atoms with E-state index in [0.29, 0.717) is 5.69 Å². The molecule has 1 heterocycles. The van der Waals surface area contributed by atoms with Crippen molar-refractivity contribution in [3.63, 3.8) is 0 Å². The van der Waals surface area contributed by atoms with Gasteiger partial charge in [-0.15, -0.1) is 5.10 Å². The lowest BCUT2D eigenvalue weighted by atomic mass is 10.2. The van der Waals surface area contributed by atoms with Crippen molar-refractivity contribution in [2.45, 2.75) is 11.8 Å². The van der Waals surface area contributed by atoms with Gasteiger partial charge in [0.25, 0.3) is 15.9 Å². The Balaban J connectivity index is 1.80. The second kappa shape index (κ2) is 6.44. The Kier molecular flexibility index (Phi) is 4.32. The van der Waals surface area contributed by atoms with Crippen LogP contribution < -0.4 is 4.72 Å². The van der Waals surface area contributed by atoms with E-state index in [-0.39, 0.29) is 10.6 Å². The molecule has 128 valence electrons. The lowest BCUT2D eigenvalue weighted by molar-refractivity contribution is 0.0976. The molecule has 0 aliphatic rings. The van der Waals surface area contributed by atoms with Crippen LogP contribution in [0.2, 0.25) is 0 Å². The highest BCUT2D eigenvalue weighted by Gasteiger charge is 2.21. The molecule has 3 rings (SSSR count). The fourth-order valence-corrected chi connectivity index (χ4v) is 3.00. The molecule has 0 aliphatic carbocycles. The fourth-order valence-electron chi connectivity index (χ4n) is 2.04. The van der Waals surface area contributed by atoms with E-state index in [2.05, 4.69) is 10.3 Å². The van der Waals surface area contributed by atoms with Gasteiger partial charge in [0.1, 0.15) is 5.82 Å². The molecule has 9 heteroatoms. The van der Waals surface area contributed by atoms with E-state index in [4.69, 9.17) is 0 Å². The molecule has 7 nitrogen and oxygen atoms in total. The third-order valence-corrected chi connectivity index (χ3v) is 4.72. The van der Waals surface area contributed by atoms with Gasteiger partial charge in [0.2, 0.25) is 0 Å². The number of aromatic nitrogens is 3. The molecule has 0 atom stereocenters. The van der Waals surface area contributed by atoms with Gasteiger partial charge in [-0.05, 0) is 43.3 Å². The van der Waals surface area contributed by atoms with Gasteiger partial charge < -0.3 is 0 Å². The number of hydrogen-bond acceptors (Lipinski definition) is 5. The third-order valence-electron chi connectivity index (χ3n) is 3.38. The summed E-state index contributed by atoms with van der Waals surface area (Å²) in [7, 11) is -4.13. The predicted octanol–water partition coefficient (Wildman–Crippen LogP) is 1.83. The number of carbonyl (C=O) groups excluding carboxylic acids is 1. The first-order chi connectivity index (χ1) is 11.8. The van der Waals surface area contributed by atoms with Crippen LogP contribution in [0.1, 0.15) is 16.1 Å². The maximum Gasteiger partial charge on any atom is 0.287 e. The maximum atomic E-state index is 12.9. The average Bonchev–Trinajstić information content (AvgIpc) is 3.06. The molecule has 0 radical (unpaired) electrons. The molecule has 0 saturated carbocycles. The normalized spacial score (nSPS) is 11.3. The zero-order chi connectivity index (χ0) is 18.0. The number of sulfonamides is 1. The number of aryl methyl sites for hydroxylation is 1. The van der Waals surface area contributed by atoms with Gasteiger partial charge in [0, 0.05) is 0 Å². The number of carbonyl (C=O) groups is 1. The molecule has 3 aromatic rings. The standard InChI is InChI=1S/C16H13FN4O3S/c1-11-2-6-13(7-3-11)21-10-15(18-20-21)16(22)19-25(23,24)14-8-4-12(17)5-9-14/h2-10H,1H3,(H,19,22). The average molecular weight is 360 g/mol. The molecular weight excluding hydrogens is 347 g/mol. The van der Waals surface area contributed by atoms with E-state index >= 15 is 0 Å². The van der Waals surface area contributed by atoms with Crippen molar-refractivity contribution < 1.29 is 17.6 Å². The predicted molar refractivity (Wildman–Crippen MR) is 87.1 cm³/mol. The zero-order valence-corrected chi connectivity index (χ0v) is 13.9. The van der Waals surface area contributed by atoms with Crippen LogP contribution in [-0.2, 0) is 10.0 Å². The number of rotatable bonds is 4. The number of hydrogen-bond donors (Lipinski definition) is 1. The molecule has 0 spiro atoms. The van der Waals surface area contributed by atoms with Crippen molar-refractivity contribution in [2.75, 3.05) is 0 Å². The van der Waals surface area contributed by atoms with Crippen molar-refractivity contribution in [1.82, 2.24) is 19.7 Å². The topological polar surface area (TPSA) is 94.0 Å². The molecule has 1 amide bonds.